The van der Waals surface area contributed by atoms with Crippen LogP contribution < -0.4 is 5.73 Å². The van der Waals surface area contributed by atoms with Crippen molar-refractivity contribution in [1.29, 1.82) is 0 Å². The minimum atomic E-state index is -0.143. The van der Waals surface area contributed by atoms with Crippen LogP contribution in [0.3, 0.4) is 0 Å². The zero-order valence-electron chi connectivity index (χ0n) is 9.51. The highest BCUT2D eigenvalue weighted by Gasteiger charge is 2.11. The van der Waals surface area contributed by atoms with Crippen molar-refractivity contribution in [3.05, 3.63) is 34.3 Å². The number of hydrogen-bond acceptors (Lipinski definition) is 2. The minimum Gasteiger partial charge on any atom is -0.371 e. The Labute approximate surface area is 96.4 Å². The SMILES string of the molecule is CC(C)(C)OCc1ccc(CN)cc1Cl. The predicted octanol–water partition coefficient (Wildman–Crippen LogP) is 3.11. The van der Waals surface area contributed by atoms with Crippen molar-refractivity contribution >= 4 is 11.6 Å². The molecule has 0 spiro atoms. The lowest BCUT2D eigenvalue weighted by Gasteiger charge is -2.20. The lowest BCUT2D eigenvalue weighted by molar-refractivity contribution is -0.0149. The van der Waals surface area contributed by atoms with Crippen molar-refractivity contribution in [3.8, 4) is 0 Å². The molecule has 1 aromatic rings. The second kappa shape index (κ2) is 4.97. The first-order valence-corrected chi connectivity index (χ1v) is 5.41. The highest BCUT2D eigenvalue weighted by Crippen LogP contribution is 2.20. The predicted molar refractivity (Wildman–Crippen MR) is 63.9 cm³/mol. The normalized spacial score (nSPS) is 11.8. The third kappa shape index (κ3) is 4.20. The van der Waals surface area contributed by atoms with E-state index in [2.05, 4.69) is 0 Å². The second-order valence-electron chi connectivity index (χ2n) is 4.53. The maximum absolute atomic E-state index is 6.10. The van der Waals surface area contributed by atoms with Gasteiger partial charge in [0, 0.05) is 11.6 Å². The summed E-state index contributed by atoms with van der Waals surface area (Å²) in [7, 11) is 0. The van der Waals surface area contributed by atoms with Gasteiger partial charge in [0.2, 0.25) is 0 Å². The monoisotopic (exact) mass is 227 g/mol. The average molecular weight is 228 g/mol. The van der Waals surface area contributed by atoms with Crippen LogP contribution in [0.2, 0.25) is 5.02 Å². The Balaban J connectivity index is 2.70. The summed E-state index contributed by atoms with van der Waals surface area (Å²) in [6, 6.07) is 5.84. The van der Waals surface area contributed by atoms with E-state index in [9.17, 15) is 0 Å². The van der Waals surface area contributed by atoms with Crippen molar-refractivity contribution in [2.75, 3.05) is 0 Å². The molecule has 84 valence electrons. The topological polar surface area (TPSA) is 35.2 Å². The Kier molecular flexibility index (Phi) is 4.14. The summed E-state index contributed by atoms with van der Waals surface area (Å²) >= 11 is 6.10. The average Bonchev–Trinajstić information content (AvgIpc) is 2.14. The number of rotatable bonds is 3. The first-order valence-electron chi connectivity index (χ1n) is 5.04. The number of hydrogen-bond donors (Lipinski definition) is 1. The van der Waals surface area contributed by atoms with Crippen LogP contribution in [0.5, 0.6) is 0 Å². The molecule has 2 nitrogen and oxygen atoms in total. The summed E-state index contributed by atoms with van der Waals surface area (Å²) in [5.41, 5.74) is 7.42. The first-order chi connectivity index (χ1) is 6.92. The van der Waals surface area contributed by atoms with Gasteiger partial charge >= 0.3 is 0 Å². The van der Waals surface area contributed by atoms with Gasteiger partial charge < -0.3 is 10.5 Å². The molecule has 0 aromatic heterocycles. The molecular weight excluding hydrogens is 210 g/mol. The summed E-state index contributed by atoms with van der Waals surface area (Å²) < 4.78 is 5.65. The number of halogens is 1. The van der Waals surface area contributed by atoms with E-state index >= 15 is 0 Å². The van der Waals surface area contributed by atoms with Crippen molar-refractivity contribution in [3.63, 3.8) is 0 Å². The first kappa shape index (κ1) is 12.5. The van der Waals surface area contributed by atoms with E-state index in [0.29, 0.717) is 13.2 Å². The van der Waals surface area contributed by atoms with Crippen LogP contribution in [0, 0.1) is 0 Å². The molecule has 1 rings (SSSR count). The van der Waals surface area contributed by atoms with Crippen molar-refractivity contribution in [2.24, 2.45) is 5.73 Å². The zero-order chi connectivity index (χ0) is 11.5. The van der Waals surface area contributed by atoms with E-state index in [4.69, 9.17) is 22.1 Å². The molecule has 0 aliphatic heterocycles. The van der Waals surface area contributed by atoms with Crippen molar-refractivity contribution < 1.29 is 4.74 Å². The highest BCUT2D eigenvalue weighted by atomic mass is 35.5. The van der Waals surface area contributed by atoms with Gasteiger partial charge in [-0.05, 0) is 38.0 Å². The van der Waals surface area contributed by atoms with Gasteiger partial charge in [-0.15, -0.1) is 0 Å². The Bertz CT molecular complexity index is 331. The van der Waals surface area contributed by atoms with E-state index in [1.54, 1.807) is 0 Å². The lowest BCUT2D eigenvalue weighted by Crippen LogP contribution is -2.18. The molecular formula is C12H18ClNO. The van der Waals surface area contributed by atoms with Crippen LogP contribution in [-0.4, -0.2) is 5.60 Å². The molecule has 0 atom stereocenters. The van der Waals surface area contributed by atoms with Gasteiger partial charge in [0.15, 0.2) is 0 Å². The van der Waals surface area contributed by atoms with E-state index in [-0.39, 0.29) is 5.60 Å². The lowest BCUT2D eigenvalue weighted by atomic mass is 10.1. The van der Waals surface area contributed by atoms with E-state index in [1.165, 1.54) is 0 Å². The minimum absolute atomic E-state index is 0.143. The van der Waals surface area contributed by atoms with Gasteiger partial charge in [-0.1, -0.05) is 23.7 Å². The molecule has 0 amide bonds. The van der Waals surface area contributed by atoms with Gasteiger partial charge in [-0.25, -0.2) is 0 Å². The molecule has 0 radical (unpaired) electrons. The van der Waals surface area contributed by atoms with Crippen LogP contribution in [0.15, 0.2) is 18.2 Å². The smallest absolute Gasteiger partial charge is 0.0738 e. The van der Waals surface area contributed by atoms with Crippen molar-refractivity contribution in [2.45, 2.75) is 39.5 Å². The van der Waals surface area contributed by atoms with Gasteiger partial charge in [-0.3, -0.25) is 0 Å². The molecule has 0 bridgehead atoms. The van der Waals surface area contributed by atoms with Gasteiger partial charge in [0.05, 0.1) is 12.2 Å². The Morgan fingerprint density at radius 1 is 1.33 bits per heavy atom. The fraction of sp³-hybridized carbons (Fsp3) is 0.500. The zero-order valence-corrected chi connectivity index (χ0v) is 10.3. The van der Waals surface area contributed by atoms with Crippen LogP contribution in [-0.2, 0) is 17.9 Å². The van der Waals surface area contributed by atoms with Gasteiger partial charge in [0.1, 0.15) is 0 Å². The molecule has 2 N–H and O–H groups in total. The third-order valence-electron chi connectivity index (χ3n) is 2.01. The summed E-state index contributed by atoms with van der Waals surface area (Å²) in [6.07, 6.45) is 0. The van der Waals surface area contributed by atoms with Gasteiger partial charge in [0.25, 0.3) is 0 Å². The Morgan fingerprint density at radius 3 is 2.47 bits per heavy atom. The molecule has 0 aliphatic carbocycles. The number of nitrogens with two attached hydrogens (primary N) is 1. The molecule has 3 heteroatoms. The molecule has 1 aromatic carbocycles. The van der Waals surface area contributed by atoms with Gasteiger partial charge in [-0.2, -0.15) is 0 Å². The summed E-state index contributed by atoms with van der Waals surface area (Å²) in [4.78, 5) is 0. The molecule has 0 saturated heterocycles. The number of ether oxygens (including phenoxy) is 1. The van der Waals surface area contributed by atoms with Crippen LogP contribution in [0.1, 0.15) is 31.9 Å². The standard InChI is InChI=1S/C12H18ClNO/c1-12(2,3)15-8-10-5-4-9(7-14)6-11(10)13/h4-6H,7-8,14H2,1-3H3. The van der Waals surface area contributed by atoms with E-state index in [0.717, 1.165) is 16.1 Å². The second-order valence-corrected chi connectivity index (χ2v) is 4.94. The fourth-order valence-corrected chi connectivity index (χ4v) is 1.39. The molecule has 0 heterocycles. The molecule has 0 aliphatic rings. The number of benzene rings is 1. The highest BCUT2D eigenvalue weighted by molar-refractivity contribution is 6.31. The quantitative estimate of drug-likeness (QED) is 0.861. The fourth-order valence-electron chi connectivity index (χ4n) is 1.13. The largest absolute Gasteiger partial charge is 0.371 e. The van der Waals surface area contributed by atoms with Crippen LogP contribution >= 0.6 is 11.6 Å². The van der Waals surface area contributed by atoms with Crippen LogP contribution in [0.25, 0.3) is 0 Å². The van der Waals surface area contributed by atoms with E-state index in [1.807, 2.05) is 39.0 Å². The van der Waals surface area contributed by atoms with Crippen molar-refractivity contribution in [1.82, 2.24) is 0 Å². The summed E-state index contributed by atoms with van der Waals surface area (Å²) in [6.45, 7) is 7.12. The maximum atomic E-state index is 6.10. The van der Waals surface area contributed by atoms with E-state index < -0.39 is 0 Å². The molecule has 0 fully saturated rings. The maximum Gasteiger partial charge on any atom is 0.0738 e. The summed E-state index contributed by atoms with van der Waals surface area (Å²) in [5.74, 6) is 0. The molecule has 15 heavy (non-hydrogen) atoms. The molecule has 0 unspecified atom stereocenters. The Morgan fingerprint density at radius 2 is 2.00 bits per heavy atom. The summed E-state index contributed by atoms with van der Waals surface area (Å²) in [5, 5.41) is 0.724. The Hall–Kier alpha value is -0.570. The third-order valence-corrected chi connectivity index (χ3v) is 2.37. The van der Waals surface area contributed by atoms with Crippen LogP contribution in [0.4, 0.5) is 0 Å². The molecule has 0 saturated carbocycles.